The molecule has 0 saturated carbocycles. The van der Waals surface area contributed by atoms with Crippen LogP contribution in [0, 0.1) is 0 Å². The highest BCUT2D eigenvalue weighted by Gasteiger charge is 2.39. The Balaban J connectivity index is 2.85. The SMILES string of the molecule is O=S(=O)(O)c1c(Cl)c(Cl)c(O)c2c1O2. The summed E-state index contributed by atoms with van der Waals surface area (Å²) in [5, 5.41) is 8.39. The summed E-state index contributed by atoms with van der Waals surface area (Å²) in [6.45, 7) is 0. The van der Waals surface area contributed by atoms with Gasteiger partial charge in [0.15, 0.2) is 16.4 Å². The maximum atomic E-state index is 10.8. The Morgan fingerprint density at radius 2 is 1.71 bits per heavy atom. The highest BCUT2D eigenvalue weighted by Crippen LogP contribution is 2.61. The van der Waals surface area contributed by atoms with Crippen LogP contribution in [0.25, 0.3) is 0 Å². The van der Waals surface area contributed by atoms with Crippen molar-refractivity contribution in [3.63, 3.8) is 0 Å². The number of rotatable bonds is 1. The van der Waals surface area contributed by atoms with E-state index in [1.807, 2.05) is 0 Å². The molecule has 0 amide bonds. The largest absolute Gasteiger partial charge is 0.503 e. The van der Waals surface area contributed by atoms with Crippen molar-refractivity contribution in [1.82, 2.24) is 0 Å². The van der Waals surface area contributed by atoms with Crippen molar-refractivity contribution in [2.45, 2.75) is 4.90 Å². The molecular formula is C6H2Cl2O5S. The van der Waals surface area contributed by atoms with E-state index in [0.717, 1.165) is 0 Å². The molecule has 0 atom stereocenters. The second kappa shape index (κ2) is 2.66. The molecule has 0 saturated heterocycles. The van der Waals surface area contributed by atoms with E-state index in [1.54, 1.807) is 0 Å². The smallest absolute Gasteiger partial charge is 0.299 e. The van der Waals surface area contributed by atoms with E-state index in [0.29, 0.717) is 0 Å². The van der Waals surface area contributed by atoms with E-state index in [4.69, 9.17) is 27.8 Å². The summed E-state index contributed by atoms with van der Waals surface area (Å²) in [7, 11) is -4.50. The third-order valence-corrected chi connectivity index (χ3v) is 3.51. The van der Waals surface area contributed by atoms with Gasteiger partial charge in [0, 0.05) is 0 Å². The lowest BCUT2D eigenvalue weighted by Crippen LogP contribution is -1.97. The van der Waals surface area contributed by atoms with Crippen LogP contribution in [0.15, 0.2) is 4.90 Å². The third-order valence-electron chi connectivity index (χ3n) is 1.65. The van der Waals surface area contributed by atoms with E-state index in [2.05, 4.69) is 4.74 Å². The Labute approximate surface area is 88.6 Å². The quantitative estimate of drug-likeness (QED) is 0.603. The van der Waals surface area contributed by atoms with Gasteiger partial charge >= 0.3 is 0 Å². The van der Waals surface area contributed by atoms with E-state index < -0.39 is 25.8 Å². The number of fused-ring (bicyclic) bond motifs is 1. The molecule has 0 spiro atoms. The van der Waals surface area contributed by atoms with Crippen molar-refractivity contribution >= 4 is 33.3 Å². The predicted molar refractivity (Wildman–Crippen MR) is 48.0 cm³/mol. The van der Waals surface area contributed by atoms with Gasteiger partial charge in [0.05, 0.1) is 5.02 Å². The summed E-state index contributed by atoms with van der Waals surface area (Å²) in [4.78, 5) is -0.614. The fraction of sp³-hybridized carbons (Fsp3) is 0. The molecule has 1 aliphatic heterocycles. The minimum atomic E-state index is -4.50. The first-order chi connectivity index (χ1) is 6.34. The topological polar surface area (TPSA) is 87.1 Å². The number of halogens is 2. The van der Waals surface area contributed by atoms with Crippen LogP contribution in [-0.4, -0.2) is 18.1 Å². The Hall–Kier alpha value is -0.690. The van der Waals surface area contributed by atoms with Gasteiger partial charge in [0.1, 0.15) is 5.02 Å². The van der Waals surface area contributed by atoms with E-state index in [1.165, 1.54) is 0 Å². The van der Waals surface area contributed by atoms with Gasteiger partial charge in [-0.25, -0.2) is 0 Å². The van der Waals surface area contributed by atoms with Crippen LogP contribution in [0.4, 0.5) is 0 Å². The molecule has 0 aromatic heterocycles. The van der Waals surface area contributed by atoms with Crippen molar-refractivity contribution in [1.29, 1.82) is 0 Å². The Morgan fingerprint density at radius 1 is 1.14 bits per heavy atom. The maximum absolute atomic E-state index is 10.8. The molecular weight excluding hydrogens is 255 g/mol. The number of phenolic OH excluding ortho intramolecular Hbond substituents is 1. The molecule has 0 bridgehead atoms. The number of aromatic hydroxyl groups is 1. The van der Waals surface area contributed by atoms with Crippen molar-refractivity contribution in [2.24, 2.45) is 0 Å². The molecule has 1 aromatic carbocycles. The van der Waals surface area contributed by atoms with Crippen molar-refractivity contribution in [2.75, 3.05) is 0 Å². The van der Waals surface area contributed by atoms with Crippen molar-refractivity contribution < 1.29 is 22.8 Å². The number of ether oxygens (including phenoxy) is 1. The molecule has 76 valence electrons. The first kappa shape index (κ1) is 9.85. The van der Waals surface area contributed by atoms with Crippen molar-refractivity contribution in [3.05, 3.63) is 10.0 Å². The average molecular weight is 257 g/mol. The zero-order chi connectivity index (χ0) is 10.7. The summed E-state index contributed by atoms with van der Waals surface area (Å²) in [5.74, 6) is -0.675. The number of hydrogen-bond acceptors (Lipinski definition) is 4. The van der Waals surface area contributed by atoms with Crippen LogP contribution in [0.2, 0.25) is 10.0 Å². The van der Waals surface area contributed by atoms with Crippen LogP contribution < -0.4 is 4.74 Å². The molecule has 2 rings (SSSR count). The van der Waals surface area contributed by atoms with Crippen LogP contribution in [-0.2, 0) is 10.1 Å². The summed E-state index contributed by atoms with van der Waals surface area (Å²) >= 11 is 11.0. The molecule has 0 fully saturated rings. The van der Waals surface area contributed by atoms with Crippen LogP contribution >= 0.6 is 23.2 Å². The standard InChI is InChI=1S/C6H2Cl2O5S/c7-1-2(8)6(14(10,11)12)5-4(13-5)3(1)9/h9H,(H,10,11,12). The van der Waals surface area contributed by atoms with Gasteiger partial charge in [-0.3, -0.25) is 4.55 Å². The molecule has 1 aliphatic rings. The van der Waals surface area contributed by atoms with Gasteiger partial charge in [-0.1, -0.05) is 23.2 Å². The lowest BCUT2D eigenvalue weighted by atomic mass is 10.3. The summed E-state index contributed by atoms with van der Waals surface area (Å²) in [5.41, 5.74) is 0. The summed E-state index contributed by atoms with van der Waals surface area (Å²) in [6.07, 6.45) is 0. The molecule has 0 aliphatic carbocycles. The fourth-order valence-electron chi connectivity index (χ4n) is 1.02. The second-order valence-corrected chi connectivity index (χ2v) is 4.66. The maximum Gasteiger partial charge on any atom is 0.299 e. The normalized spacial score (nSPS) is 13.4. The average Bonchev–Trinajstić information content (AvgIpc) is 2.77. The minimum absolute atomic E-state index is 0.0768. The summed E-state index contributed by atoms with van der Waals surface area (Å²) < 4.78 is 35.0. The predicted octanol–water partition coefficient (Wildman–Crippen LogP) is 2.05. The van der Waals surface area contributed by atoms with Gasteiger partial charge in [-0.2, -0.15) is 8.42 Å². The van der Waals surface area contributed by atoms with Crippen LogP contribution in [0.1, 0.15) is 0 Å². The third kappa shape index (κ3) is 1.23. The van der Waals surface area contributed by atoms with Gasteiger partial charge in [0.25, 0.3) is 10.1 Å². The minimum Gasteiger partial charge on any atom is -0.503 e. The van der Waals surface area contributed by atoms with Gasteiger partial charge in [-0.15, -0.1) is 0 Å². The van der Waals surface area contributed by atoms with E-state index in [-0.39, 0.29) is 16.5 Å². The Bertz CT molecular complexity index is 536. The Morgan fingerprint density at radius 3 is 2.21 bits per heavy atom. The zero-order valence-corrected chi connectivity index (χ0v) is 8.61. The molecule has 8 heteroatoms. The van der Waals surface area contributed by atoms with Gasteiger partial charge in [0.2, 0.25) is 5.75 Å². The highest BCUT2D eigenvalue weighted by atomic mass is 35.5. The van der Waals surface area contributed by atoms with Gasteiger partial charge < -0.3 is 9.84 Å². The molecule has 5 nitrogen and oxygen atoms in total. The van der Waals surface area contributed by atoms with Gasteiger partial charge in [-0.05, 0) is 0 Å². The molecule has 0 unspecified atom stereocenters. The van der Waals surface area contributed by atoms with E-state index >= 15 is 0 Å². The fourth-order valence-corrected chi connectivity index (χ4v) is 2.42. The Kier molecular flexibility index (Phi) is 1.87. The number of hydrogen-bond donors (Lipinski definition) is 2. The lowest BCUT2D eigenvalue weighted by molar-refractivity contribution is 0.463. The zero-order valence-electron chi connectivity index (χ0n) is 6.28. The second-order valence-electron chi connectivity index (χ2n) is 2.54. The monoisotopic (exact) mass is 256 g/mol. The lowest BCUT2D eigenvalue weighted by Gasteiger charge is -1.99. The van der Waals surface area contributed by atoms with E-state index in [9.17, 15) is 13.5 Å². The highest BCUT2D eigenvalue weighted by molar-refractivity contribution is 7.86. The van der Waals surface area contributed by atoms with Crippen LogP contribution in [0.3, 0.4) is 0 Å². The number of phenols is 1. The molecule has 1 heterocycles. The molecule has 1 aromatic rings. The summed E-state index contributed by atoms with van der Waals surface area (Å²) in [6, 6.07) is 0. The first-order valence-corrected chi connectivity index (χ1v) is 5.43. The molecule has 14 heavy (non-hydrogen) atoms. The molecule has 0 radical (unpaired) electrons. The van der Waals surface area contributed by atoms with Crippen LogP contribution in [0.5, 0.6) is 17.2 Å². The molecule has 2 N–H and O–H groups in total. The van der Waals surface area contributed by atoms with Crippen molar-refractivity contribution in [3.8, 4) is 17.2 Å². The number of benzene rings is 1. The first-order valence-electron chi connectivity index (χ1n) is 3.23.